The number of aliphatic hydroxyl groups excluding tert-OH is 3. The highest BCUT2D eigenvalue weighted by Crippen LogP contribution is 2.27. The largest absolute Gasteiger partial charge is 0.394 e. The van der Waals surface area contributed by atoms with Crippen molar-refractivity contribution in [2.45, 2.75) is 24.5 Å². The maximum atomic E-state index is 11.9. The van der Waals surface area contributed by atoms with E-state index in [9.17, 15) is 19.8 Å². The van der Waals surface area contributed by atoms with Crippen LogP contribution in [0, 0.1) is 0 Å². The fourth-order valence-electron chi connectivity index (χ4n) is 2.06. The molecule has 1 fully saturated rings. The number of nitrogens with two attached hydrogens (primary N) is 1. The Hall–Kier alpha value is -2.12. The molecule has 4 atom stereocenters. The summed E-state index contributed by atoms with van der Waals surface area (Å²) < 4.78 is 6.11. The smallest absolute Gasteiger partial charge is 0.330 e. The summed E-state index contributed by atoms with van der Waals surface area (Å²) in [6, 6.07) is 0. The molecule has 0 amide bonds. The van der Waals surface area contributed by atoms with Gasteiger partial charge in [-0.3, -0.25) is 19.8 Å². The molecule has 1 aromatic rings. The standard InChI is InChI=1S/C11H15N5O6S/c12-10(23)15-13-1-4-2-16(11(21)14-8(4)20)9-7(19)6(18)5(3-17)22-9/h1-2,5-7,9,17-19H,3H2,(H3,12,15,23)(H,14,20,21)/t5-,6-,7-,9-/m1/s1. The van der Waals surface area contributed by atoms with Crippen LogP contribution in [0.25, 0.3) is 0 Å². The van der Waals surface area contributed by atoms with Crippen LogP contribution >= 0.6 is 12.2 Å². The Balaban J connectivity index is 2.36. The van der Waals surface area contributed by atoms with Crippen molar-refractivity contribution in [3.05, 3.63) is 32.6 Å². The molecule has 0 spiro atoms. The van der Waals surface area contributed by atoms with Crippen molar-refractivity contribution in [2.24, 2.45) is 10.8 Å². The number of aliphatic hydroxyl groups is 3. The number of nitrogens with one attached hydrogen (secondary N) is 2. The lowest BCUT2D eigenvalue weighted by Crippen LogP contribution is -2.39. The van der Waals surface area contributed by atoms with Gasteiger partial charge < -0.3 is 25.8 Å². The van der Waals surface area contributed by atoms with E-state index < -0.39 is 42.4 Å². The molecule has 2 heterocycles. The van der Waals surface area contributed by atoms with Gasteiger partial charge in [0, 0.05) is 6.20 Å². The first-order valence-electron chi connectivity index (χ1n) is 6.41. The minimum Gasteiger partial charge on any atom is -0.394 e. The average Bonchev–Trinajstić information content (AvgIpc) is 2.77. The molecule has 2 rings (SSSR count). The van der Waals surface area contributed by atoms with E-state index in [1.165, 1.54) is 0 Å². The second-order valence-corrected chi connectivity index (χ2v) is 5.15. The Morgan fingerprint density at radius 1 is 1.52 bits per heavy atom. The third kappa shape index (κ3) is 3.62. The van der Waals surface area contributed by atoms with E-state index in [1.807, 2.05) is 4.98 Å². The van der Waals surface area contributed by atoms with Gasteiger partial charge in [0.25, 0.3) is 5.56 Å². The first-order valence-corrected chi connectivity index (χ1v) is 6.82. The Bertz CT molecular complexity index is 730. The van der Waals surface area contributed by atoms with Crippen LogP contribution in [0.1, 0.15) is 11.8 Å². The van der Waals surface area contributed by atoms with E-state index in [0.717, 1.165) is 17.0 Å². The molecule has 23 heavy (non-hydrogen) atoms. The zero-order chi connectivity index (χ0) is 17.1. The van der Waals surface area contributed by atoms with Crippen molar-refractivity contribution in [3.63, 3.8) is 0 Å². The van der Waals surface area contributed by atoms with Crippen molar-refractivity contribution in [3.8, 4) is 0 Å². The van der Waals surface area contributed by atoms with Crippen LogP contribution in [-0.4, -0.2) is 61.1 Å². The molecule has 0 aliphatic carbocycles. The van der Waals surface area contributed by atoms with E-state index >= 15 is 0 Å². The summed E-state index contributed by atoms with van der Waals surface area (Å²) in [4.78, 5) is 25.6. The van der Waals surface area contributed by atoms with Gasteiger partial charge in [-0.2, -0.15) is 5.10 Å². The first kappa shape index (κ1) is 17.2. The predicted octanol–water partition coefficient (Wildman–Crippen LogP) is -3.68. The summed E-state index contributed by atoms with van der Waals surface area (Å²) in [5.74, 6) is 0. The molecule has 1 aliphatic heterocycles. The monoisotopic (exact) mass is 345 g/mol. The Morgan fingerprint density at radius 2 is 2.22 bits per heavy atom. The summed E-state index contributed by atoms with van der Waals surface area (Å²) in [6.45, 7) is -0.543. The zero-order valence-corrected chi connectivity index (χ0v) is 12.4. The van der Waals surface area contributed by atoms with Crippen molar-refractivity contribution in [1.29, 1.82) is 0 Å². The fraction of sp³-hybridized carbons (Fsp3) is 0.455. The predicted molar refractivity (Wildman–Crippen MR) is 81.8 cm³/mol. The fourth-order valence-corrected chi connectivity index (χ4v) is 2.11. The molecule has 0 unspecified atom stereocenters. The third-order valence-electron chi connectivity index (χ3n) is 3.17. The van der Waals surface area contributed by atoms with Gasteiger partial charge in [0.2, 0.25) is 0 Å². The molecular formula is C11H15N5O6S. The topological polar surface area (TPSA) is 175 Å². The van der Waals surface area contributed by atoms with Crippen molar-refractivity contribution in [2.75, 3.05) is 6.61 Å². The molecule has 1 aliphatic rings. The maximum absolute atomic E-state index is 11.9. The molecule has 12 heteroatoms. The quantitative estimate of drug-likeness (QED) is 0.182. The molecular weight excluding hydrogens is 330 g/mol. The zero-order valence-electron chi connectivity index (χ0n) is 11.6. The van der Waals surface area contributed by atoms with E-state index in [-0.39, 0.29) is 10.7 Å². The van der Waals surface area contributed by atoms with Crippen LogP contribution in [0.15, 0.2) is 20.9 Å². The SMILES string of the molecule is NC(=S)NN=Cc1cn([C@@H]2O[C@H](CO)[C@@H](O)[C@H]2O)c(=O)[nH]c1=O. The van der Waals surface area contributed by atoms with E-state index in [2.05, 4.69) is 22.7 Å². The molecule has 1 saturated heterocycles. The Labute approximate surface area is 134 Å². The van der Waals surface area contributed by atoms with Crippen molar-refractivity contribution >= 4 is 23.5 Å². The number of hydrazone groups is 1. The number of H-pyrrole nitrogens is 1. The van der Waals surface area contributed by atoms with Crippen molar-refractivity contribution in [1.82, 2.24) is 15.0 Å². The van der Waals surface area contributed by atoms with Crippen LogP contribution < -0.4 is 22.4 Å². The molecule has 126 valence electrons. The van der Waals surface area contributed by atoms with Crippen LogP contribution in [0.4, 0.5) is 0 Å². The van der Waals surface area contributed by atoms with Gasteiger partial charge in [-0.15, -0.1) is 0 Å². The molecule has 0 aromatic carbocycles. The molecule has 1 aromatic heterocycles. The van der Waals surface area contributed by atoms with Crippen LogP contribution in [0.3, 0.4) is 0 Å². The Morgan fingerprint density at radius 3 is 2.78 bits per heavy atom. The second kappa shape index (κ2) is 6.97. The molecule has 0 bridgehead atoms. The minimum atomic E-state index is -1.46. The molecule has 0 saturated carbocycles. The highest BCUT2D eigenvalue weighted by atomic mass is 32.1. The number of ether oxygens (including phenoxy) is 1. The highest BCUT2D eigenvalue weighted by Gasteiger charge is 2.43. The van der Waals surface area contributed by atoms with Crippen LogP contribution in [0.5, 0.6) is 0 Å². The van der Waals surface area contributed by atoms with Gasteiger partial charge in [0.1, 0.15) is 18.3 Å². The third-order valence-corrected chi connectivity index (χ3v) is 3.26. The highest BCUT2D eigenvalue weighted by molar-refractivity contribution is 7.80. The van der Waals surface area contributed by atoms with Gasteiger partial charge in [0.05, 0.1) is 18.4 Å². The Kier molecular flexibility index (Phi) is 5.23. The summed E-state index contributed by atoms with van der Waals surface area (Å²) >= 11 is 4.54. The van der Waals surface area contributed by atoms with E-state index in [1.54, 1.807) is 0 Å². The van der Waals surface area contributed by atoms with Gasteiger partial charge in [0.15, 0.2) is 11.3 Å². The number of hydrogen-bond donors (Lipinski definition) is 6. The van der Waals surface area contributed by atoms with Gasteiger partial charge in [-0.25, -0.2) is 4.79 Å². The number of thiocarbonyl (C=S) groups is 1. The molecule has 0 radical (unpaired) electrons. The average molecular weight is 345 g/mol. The second-order valence-electron chi connectivity index (χ2n) is 4.71. The summed E-state index contributed by atoms with van der Waals surface area (Å²) in [7, 11) is 0. The summed E-state index contributed by atoms with van der Waals surface area (Å²) in [6.07, 6.45) is -3.02. The summed E-state index contributed by atoms with van der Waals surface area (Å²) in [5, 5.41) is 32.2. The van der Waals surface area contributed by atoms with Gasteiger partial charge in [-0.1, -0.05) is 0 Å². The lowest BCUT2D eigenvalue weighted by Gasteiger charge is -2.17. The number of rotatable bonds is 4. The number of hydrogen-bond acceptors (Lipinski definition) is 8. The molecule has 7 N–H and O–H groups in total. The lowest BCUT2D eigenvalue weighted by molar-refractivity contribution is -0.0550. The number of aromatic amines is 1. The summed E-state index contributed by atoms with van der Waals surface area (Å²) in [5.41, 5.74) is 5.78. The van der Waals surface area contributed by atoms with Gasteiger partial charge >= 0.3 is 5.69 Å². The normalized spacial score (nSPS) is 27.4. The van der Waals surface area contributed by atoms with E-state index in [4.69, 9.17) is 15.6 Å². The molecule has 11 nitrogen and oxygen atoms in total. The van der Waals surface area contributed by atoms with Crippen molar-refractivity contribution < 1.29 is 20.1 Å². The number of nitrogens with zero attached hydrogens (tertiary/aromatic N) is 2. The number of aromatic nitrogens is 2. The minimum absolute atomic E-state index is 0.0499. The van der Waals surface area contributed by atoms with Crippen LogP contribution in [-0.2, 0) is 4.74 Å². The maximum Gasteiger partial charge on any atom is 0.330 e. The van der Waals surface area contributed by atoms with E-state index in [0.29, 0.717) is 0 Å². The lowest BCUT2D eigenvalue weighted by atomic mass is 10.1. The van der Waals surface area contributed by atoms with Gasteiger partial charge in [-0.05, 0) is 12.2 Å². The van der Waals surface area contributed by atoms with Crippen LogP contribution in [0.2, 0.25) is 0 Å². The first-order chi connectivity index (χ1) is 10.8.